The van der Waals surface area contributed by atoms with Crippen LogP contribution in [0.2, 0.25) is 0 Å². The number of carbonyl (C=O) groups excluding carboxylic acids is 1. The number of aromatic nitrogens is 1. The fraction of sp³-hybridized carbons (Fsp3) is 0.276. The van der Waals surface area contributed by atoms with Gasteiger partial charge in [0, 0.05) is 23.1 Å². The van der Waals surface area contributed by atoms with Gasteiger partial charge in [-0.2, -0.15) is 0 Å². The van der Waals surface area contributed by atoms with Gasteiger partial charge in [-0.15, -0.1) is 0 Å². The van der Waals surface area contributed by atoms with Gasteiger partial charge in [-0.1, -0.05) is 30.3 Å². The van der Waals surface area contributed by atoms with E-state index in [-0.39, 0.29) is 24.8 Å². The summed E-state index contributed by atoms with van der Waals surface area (Å²) < 4.78 is 21.8. The molecule has 8 heteroatoms. The molecule has 3 heterocycles. The Labute approximate surface area is 214 Å². The number of rotatable bonds is 7. The summed E-state index contributed by atoms with van der Waals surface area (Å²) in [5.74, 6) is 2.80. The van der Waals surface area contributed by atoms with Crippen molar-refractivity contribution >= 4 is 16.8 Å². The summed E-state index contributed by atoms with van der Waals surface area (Å²) in [5.41, 5.74) is 5.38. The van der Waals surface area contributed by atoms with Crippen LogP contribution in [0.15, 0.2) is 60.7 Å². The molecule has 1 amide bonds. The Morgan fingerprint density at radius 3 is 2.70 bits per heavy atom. The molecule has 4 aromatic rings. The van der Waals surface area contributed by atoms with Crippen LogP contribution in [-0.4, -0.2) is 44.5 Å². The van der Waals surface area contributed by atoms with Gasteiger partial charge in [0.05, 0.1) is 26.3 Å². The monoisotopic (exact) mass is 499 g/mol. The Morgan fingerprint density at radius 1 is 1.00 bits per heavy atom. The van der Waals surface area contributed by atoms with Gasteiger partial charge in [-0.3, -0.25) is 10.1 Å². The highest BCUT2D eigenvalue weighted by atomic mass is 16.7. The number of amides is 1. The van der Waals surface area contributed by atoms with Crippen molar-refractivity contribution in [3.05, 3.63) is 83.0 Å². The number of aromatic amines is 1. The standard InChI is InChI=1S/C29H29N3O5/c1-34-23-9-7-17(13-25(23)35-2)11-12-30-29(33)22-15-20-19-5-3-4-6-21(19)31-28(20)27(32-22)18-8-10-24-26(14-18)37-16-36-24/h3-10,13-14,22,27,31-32H,11-12,15-16H2,1-2H3,(H,30,33)/t22-,27+/m0/s1. The van der Waals surface area contributed by atoms with E-state index in [1.807, 2.05) is 48.5 Å². The average Bonchev–Trinajstić information content (AvgIpc) is 3.56. The number of ether oxygens (including phenoxy) is 4. The summed E-state index contributed by atoms with van der Waals surface area (Å²) >= 11 is 0. The van der Waals surface area contributed by atoms with Crippen LogP contribution in [0.4, 0.5) is 0 Å². The lowest BCUT2D eigenvalue weighted by molar-refractivity contribution is -0.123. The van der Waals surface area contributed by atoms with Gasteiger partial charge in [0.15, 0.2) is 23.0 Å². The maximum atomic E-state index is 13.4. The molecule has 2 aliphatic rings. The van der Waals surface area contributed by atoms with E-state index >= 15 is 0 Å². The van der Waals surface area contributed by atoms with Crippen molar-refractivity contribution in [3.8, 4) is 23.0 Å². The smallest absolute Gasteiger partial charge is 0.237 e. The first kappa shape index (κ1) is 23.2. The Kier molecular flexibility index (Phi) is 6.10. The topological polar surface area (TPSA) is 93.8 Å². The number of H-pyrrole nitrogens is 1. The molecule has 0 aliphatic carbocycles. The highest BCUT2D eigenvalue weighted by Crippen LogP contribution is 2.39. The molecule has 2 atom stereocenters. The average molecular weight is 500 g/mol. The largest absolute Gasteiger partial charge is 0.493 e. The number of para-hydroxylation sites is 1. The third kappa shape index (κ3) is 4.34. The van der Waals surface area contributed by atoms with Crippen LogP contribution in [0.5, 0.6) is 23.0 Å². The fourth-order valence-electron chi connectivity index (χ4n) is 5.25. The molecular weight excluding hydrogens is 470 g/mol. The quantitative estimate of drug-likeness (QED) is 0.357. The Balaban J connectivity index is 1.23. The lowest BCUT2D eigenvalue weighted by Crippen LogP contribution is -2.50. The van der Waals surface area contributed by atoms with Crippen LogP contribution in [0.25, 0.3) is 10.9 Å². The molecule has 8 nitrogen and oxygen atoms in total. The zero-order chi connectivity index (χ0) is 25.4. The van der Waals surface area contributed by atoms with Crippen molar-refractivity contribution < 1.29 is 23.7 Å². The first-order valence-corrected chi connectivity index (χ1v) is 12.4. The highest BCUT2D eigenvalue weighted by Gasteiger charge is 2.34. The van der Waals surface area contributed by atoms with Gasteiger partial charge < -0.3 is 29.2 Å². The molecule has 3 N–H and O–H groups in total. The van der Waals surface area contributed by atoms with E-state index in [9.17, 15) is 4.79 Å². The molecule has 0 radical (unpaired) electrons. The highest BCUT2D eigenvalue weighted by molar-refractivity contribution is 5.88. The lowest BCUT2D eigenvalue weighted by atomic mass is 9.90. The minimum atomic E-state index is -0.382. The normalized spacial score (nSPS) is 17.9. The summed E-state index contributed by atoms with van der Waals surface area (Å²) in [5, 5.41) is 7.85. The van der Waals surface area contributed by atoms with Crippen molar-refractivity contribution in [1.29, 1.82) is 0 Å². The van der Waals surface area contributed by atoms with E-state index < -0.39 is 0 Å². The second-order valence-electron chi connectivity index (χ2n) is 9.26. The summed E-state index contributed by atoms with van der Waals surface area (Å²) in [6, 6.07) is 19.4. The molecule has 0 saturated carbocycles. The maximum Gasteiger partial charge on any atom is 0.237 e. The zero-order valence-electron chi connectivity index (χ0n) is 20.8. The van der Waals surface area contributed by atoms with Crippen molar-refractivity contribution in [3.63, 3.8) is 0 Å². The molecule has 0 unspecified atom stereocenters. The second kappa shape index (κ2) is 9.71. The van der Waals surface area contributed by atoms with Crippen LogP contribution in [0, 0.1) is 0 Å². The van der Waals surface area contributed by atoms with E-state index in [4.69, 9.17) is 18.9 Å². The number of hydrogen-bond acceptors (Lipinski definition) is 6. The number of methoxy groups -OCH3 is 2. The Bertz CT molecular complexity index is 1460. The van der Waals surface area contributed by atoms with E-state index in [1.165, 1.54) is 0 Å². The third-order valence-electron chi connectivity index (χ3n) is 7.12. The second-order valence-corrected chi connectivity index (χ2v) is 9.26. The number of fused-ring (bicyclic) bond motifs is 4. The van der Waals surface area contributed by atoms with Crippen molar-refractivity contribution in [2.45, 2.75) is 24.9 Å². The molecular formula is C29H29N3O5. The predicted molar refractivity (Wildman–Crippen MR) is 140 cm³/mol. The number of carbonyl (C=O) groups is 1. The first-order chi connectivity index (χ1) is 18.1. The lowest BCUT2D eigenvalue weighted by Gasteiger charge is -2.31. The number of hydrogen-bond donors (Lipinski definition) is 3. The SMILES string of the molecule is COc1ccc(CCNC(=O)[C@@H]2Cc3c([nH]c4ccccc34)[C@@H](c3ccc4c(c3)OCO4)N2)cc1OC. The van der Waals surface area contributed by atoms with Gasteiger partial charge in [0.25, 0.3) is 0 Å². The van der Waals surface area contributed by atoms with E-state index in [0.717, 1.165) is 44.8 Å². The predicted octanol–water partition coefficient (Wildman–Crippen LogP) is 3.88. The fourth-order valence-corrected chi connectivity index (χ4v) is 5.25. The molecule has 2 aliphatic heterocycles. The Morgan fingerprint density at radius 2 is 1.84 bits per heavy atom. The molecule has 37 heavy (non-hydrogen) atoms. The van der Waals surface area contributed by atoms with Crippen molar-refractivity contribution in [1.82, 2.24) is 15.6 Å². The maximum absolute atomic E-state index is 13.4. The minimum Gasteiger partial charge on any atom is -0.493 e. The van der Waals surface area contributed by atoms with Gasteiger partial charge >= 0.3 is 0 Å². The van der Waals surface area contributed by atoms with Gasteiger partial charge in [-0.25, -0.2) is 0 Å². The van der Waals surface area contributed by atoms with Gasteiger partial charge in [0.1, 0.15) is 0 Å². The van der Waals surface area contributed by atoms with E-state index in [1.54, 1.807) is 14.2 Å². The van der Waals surface area contributed by atoms with Gasteiger partial charge in [0.2, 0.25) is 12.7 Å². The molecule has 0 fully saturated rings. The van der Waals surface area contributed by atoms with Crippen LogP contribution >= 0.6 is 0 Å². The summed E-state index contributed by atoms with van der Waals surface area (Å²) in [6.45, 7) is 0.738. The molecule has 190 valence electrons. The van der Waals surface area contributed by atoms with Crippen LogP contribution in [-0.2, 0) is 17.6 Å². The number of nitrogens with one attached hydrogen (secondary N) is 3. The first-order valence-electron chi connectivity index (χ1n) is 12.4. The molecule has 1 aromatic heterocycles. The molecule has 3 aromatic carbocycles. The zero-order valence-corrected chi connectivity index (χ0v) is 20.8. The van der Waals surface area contributed by atoms with E-state index in [0.29, 0.717) is 30.9 Å². The summed E-state index contributed by atoms with van der Waals surface area (Å²) in [7, 11) is 3.23. The Hall–Kier alpha value is -4.17. The van der Waals surface area contributed by atoms with Crippen molar-refractivity contribution in [2.75, 3.05) is 27.6 Å². The molecule has 0 bridgehead atoms. The minimum absolute atomic E-state index is 0.0258. The summed E-state index contributed by atoms with van der Waals surface area (Å²) in [6.07, 6.45) is 1.28. The molecule has 6 rings (SSSR count). The van der Waals surface area contributed by atoms with E-state index in [2.05, 4.69) is 27.8 Å². The van der Waals surface area contributed by atoms with Crippen molar-refractivity contribution in [2.24, 2.45) is 0 Å². The number of benzene rings is 3. The third-order valence-corrected chi connectivity index (χ3v) is 7.12. The van der Waals surface area contributed by atoms with Gasteiger partial charge in [-0.05, 0) is 59.9 Å². The van der Waals surface area contributed by atoms with Crippen LogP contribution in [0.1, 0.15) is 28.4 Å². The van der Waals surface area contributed by atoms with Crippen LogP contribution in [0.3, 0.4) is 0 Å². The van der Waals surface area contributed by atoms with Crippen LogP contribution < -0.4 is 29.6 Å². The molecule has 0 saturated heterocycles. The molecule has 0 spiro atoms. The summed E-state index contributed by atoms with van der Waals surface area (Å²) in [4.78, 5) is 17.0.